The maximum atomic E-state index is 7.29. The molecule has 0 amide bonds. The third-order valence-electron chi connectivity index (χ3n) is 3.52. The Bertz CT molecular complexity index is 801. The number of nitrogens with one attached hydrogen (secondary N) is 1. The van der Waals surface area contributed by atoms with Crippen LogP contribution in [-0.2, 0) is 12.8 Å². The zero-order valence-corrected chi connectivity index (χ0v) is 14.5. The van der Waals surface area contributed by atoms with Crippen LogP contribution in [0.2, 0.25) is 0 Å². The molecular weight excluding hydrogens is 338 g/mol. The van der Waals surface area contributed by atoms with Gasteiger partial charge >= 0.3 is 0 Å². The molecule has 0 unspecified atom stereocenters. The fraction of sp³-hybridized carbons (Fsp3) is 0.158. The van der Waals surface area contributed by atoms with E-state index < -0.39 is 0 Å². The van der Waals surface area contributed by atoms with Crippen LogP contribution in [0.15, 0.2) is 65.3 Å². The van der Waals surface area contributed by atoms with Gasteiger partial charge in [-0.1, -0.05) is 30.3 Å². The van der Waals surface area contributed by atoms with E-state index in [2.05, 4.69) is 4.98 Å². The summed E-state index contributed by atoms with van der Waals surface area (Å²) in [7, 11) is 0. The lowest BCUT2D eigenvalue weighted by molar-refractivity contribution is 0.320. The minimum atomic E-state index is 0. The Kier molecular flexibility index (Phi) is 6.60. The monoisotopic (exact) mass is 357 g/mol. The maximum Gasteiger partial charge on any atom is 0.226 e. The first-order valence-corrected chi connectivity index (χ1v) is 7.75. The largest absolute Gasteiger partial charge is 0.493 e. The molecule has 25 heavy (non-hydrogen) atoms. The lowest BCUT2D eigenvalue weighted by atomic mass is 10.1. The van der Waals surface area contributed by atoms with E-state index in [-0.39, 0.29) is 18.2 Å². The first-order chi connectivity index (χ1) is 11.7. The molecule has 0 aliphatic rings. The van der Waals surface area contributed by atoms with E-state index in [9.17, 15) is 0 Å². The molecule has 2 aromatic carbocycles. The second kappa shape index (κ2) is 8.89. The van der Waals surface area contributed by atoms with E-state index in [4.69, 9.17) is 20.3 Å². The summed E-state index contributed by atoms with van der Waals surface area (Å²) in [5.74, 6) is 1.57. The van der Waals surface area contributed by atoms with Gasteiger partial charge in [0.1, 0.15) is 12.0 Å². The molecule has 130 valence electrons. The van der Waals surface area contributed by atoms with Gasteiger partial charge in [0, 0.05) is 18.4 Å². The van der Waals surface area contributed by atoms with Gasteiger partial charge in [0.2, 0.25) is 5.89 Å². The number of benzene rings is 2. The summed E-state index contributed by atoms with van der Waals surface area (Å²) in [5.41, 5.74) is 8.21. The molecule has 1 heterocycles. The number of hydrogen-bond acceptors (Lipinski definition) is 4. The number of nitrogens with two attached hydrogens (primary N) is 1. The van der Waals surface area contributed by atoms with Gasteiger partial charge < -0.3 is 14.9 Å². The number of ether oxygens (including phenoxy) is 1. The molecule has 1 aromatic heterocycles. The predicted octanol–water partition coefficient (Wildman–Crippen LogP) is 3.86. The molecule has 3 N–H and O–H groups in total. The summed E-state index contributed by atoms with van der Waals surface area (Å²) in [6, 6.07) is 17.4. The minimum absolute atomic E-state index is 0. The normalized spacial score (nSPS) is 10.1. The van der Waals surface area contributed by atoms with Crippen molar-refractivity contribution >= 4 is 18.2 Å². The zero-order chi connectivity index (χ0) is 16.8. The fourth-order valence-electron chi connectivity index (χ4n) is 2.33. The van der Waals surface area contributed by atoms with E-state index in [1.807, 2.05) is 54.6 Å². The summed E-state index contributed by atoms with van der Waals surface area (Å²) in [6.07, 6.45) is 2.80. The van der Waals surface area contributed by atoms with Crippen LogP contribution in [0.5, 0.6) is 5.75 Å². The molecule has 3 aromatic rings. The lowest BCUT2D eigenvalue weighted by Gasteiger charge is -2.06. The highest BCUT2D eigenvalue weighted by molar-refractivity contribution is 5.85. The Morgan fingerprint density at radius 3 is 2.48 bits per heavy atom. The third kappa shape index (κ3) is 5.36. The topological polar surface area (TPSA) is 85.1 Å². The Morgan fingerprint density at radius 2 is 1.80 bits per heavy atom. The minimum Gasteiger partial charge on any atom is -0.493 e. The number of halogens is 1. The molecule has 5 nitrogen and oxygen atoms in total. The smallest absolute Gasteiger partial charge is 0.226 e. The highest BCUT2D eigenvalue weighted by atomic mass is 35.5. The van der Waals surface area contributed by atoms with Gasteiger partial charge in [0.15, 0.2) is 0 Å². The molecule has 0 radical (unpaired) electrons. The molecule has 0 bridgehead atoms. The Morgan fingerprint density at radius 1 is 1.08 bits per heavy atom. The first-order valence-electron chi connectivity index (χ1n) is 7.75. The fourth-order valence-corrected chi connectivity index (χ4v) is 2.33. The van der Waals surface area contributed by atoms with Gasteiger partial charge in [0.05, 0.1) is 18.1 Å². The molecule has 0 aliphatic heterocycles. The first kappa shape index (κ1) is 18.5. The van der Waals surface area contributed by atoms with Crippen molar-refractivity contribution in [1.82, 2.24) is 4.98 Å². The van der Waals surface area contributed by atoms with Crippen LogP contribution >= 0.6 is 12.4 Å². The van der Waals surface area contributed by atoms with E-state index in [1.165, 1.54) is 0 Å². The van der Waals surface area contributed by atoms with Crippen LogP contribution in [0.4, 0.5) is 0 Å². The van der Waals surface area contributed by atoms with Crippen molar-refractivity contribution in [2.75, 3.05) is 6.61 Å². The van der Waals surface area contributed by atoms with Crippen LogP contribution in [0, 0.1) is 5.41 Å². The van der Waals surface area contributed by atoms with Crippen molar-refractivity contribution in [3.05, 3.63) is 72.1 Å². The van der Waals surface area contributed by atoms with Gasteiger partial charge in [-0.25, -0.2) is 4.98 Å². The van der Waals surface area contributed by atoms with Gasteiger partial charge in [-0.3, -0.25) is 5.41 Å². The SMILES string of the molecule is Cl.N=C(N)Cc1ccc(OCCc2coc(-c3ccccc3)n2)cc1. The molecule has 0 spiro atoms. The predicted molar refractivity (Wildman–Crippen MR) is 100 cm³/mol. The van der Waals surface area contributed by atoms with Gasteiger partial charge in [0.25, 0.3) is 0 Å². The lowest BCUT2D eigenvalue weighted by Crippen LogP contribution is -2.12. The van der Waals surface area contributed by atoms with Crippen LogP contribution in [0.3, 0.4) is 0 Å². The molecule has 0 fully saturated rings. The molecular formula is C19H20ClN3O2. The number of nitrogens with zero attached hydrogens (tertiary/aromatic N) is 1. The van der Waals surface area contributed by atoms with Crippen molar-refractivity contribution in [3.8, 4) is 17.2 Å². The number of aromatic nitrogens is 1. The van der Waals surface area contributed by atoms with E-state index in [0.29, 0.717) is 25.3 Å². The highest BCUT2D eigenvalue weighted by Gasteiger charge is 2.06. The summed E-state index contributed by atoms with van der Waals surface area (Å²) in [6.45, 7) is 0.521. The average molecular weight is 358 g/mol. The van der Waals surface area contributed by atoms with Crippen LogP contribution < -0.4 is 10.5 Å². The van der Waals surface area contributed by atoms with Crippen molar-refractivity contribution in [3.63, 3.8) is 0 Å². The summed E-state index contributed by atoms with van der Waals surface area (Å²) in [5, 5.41) is 7.29. The molecule has 0 saturated heterocycles. The van der Waals surface area contributed by atoms with Crippen LogP contribution in [-0.4, -0.2) is 17.4 Å². The quantitative estimate of drug-likeness (QED) is 0.496. The van der Waals surface area contributed by atoms with Crippen molar-refractivity contribution in [2.24, 2.45) is 5.73 Å². The Labute approximate surface area is 152 Å². The molecule has 3 rings (SSSR count). The Balaban J connectivity index is 0.00000225. The van der Waals surface area contributed by atoms with E-state index >= 15 is 0 Å². The standard InChI is InChI=1S/C19H19N3O2.ClH/c20-18(21)12-14-6-8-17(9-7-14)23-11-10-16-13-24-19(22-16)15-4-2-1-3-5-15;/h1-9,13H,10-12H2,(H3,20,21);1H. The van der Waals surface area contributed by atoms with Crippen LogP contribution in [0.1, 0.15) is 11.3 Å². The van der Waals surface area contributed by atoms with Gasteiger partial charge in [-0.05, 0) is 29.8 Å². The van der Waals surface area contributed by atoms with Crippen molar-refractivity contribution in [1.29, 1.82) is 5.41 Å². The Hall–Kier alpha value is -2.79. The highest BCUT2D eigenvalue weighted by Crippen LogP contribution is 2.18. The summed E-state index contributed by atoms with van der Waals surface area (Å²) in [4.78, 5) is 4.47. The number of amidine groups is 1. The van der Waals surface area contributed by atoms with Gasteiger partial charge in [-0.2, -0.15) is 0 Å². The van der Waals surface area contributed by atoms with E-state index in [0.717, 1.165) is 22.6 Å². The second-order valence-corrected chi connectivity index (χ2v) is 5.45. The summed E-state index contributed by atoms with van der Waals surface area (Å²) < 4.78 is 11.2. The van der Waals surface area contributed by atoms with Crippen LogP contribution in [0.25, 0.3) is 11.5 Å². The number of rotatable bonds is 7. The van der Waals surface area contributed by atoms with Gasteiger partial charge in [-0.15, -0.1) is 12.4 Å². The number of oxazole rings is 1. The molecule has 0 atom stereocenters. The van der Waals surface area contributed by atoms with Crippen molar-refractivity contribution < 1.29 is 9.15 Å². The zero-order valence-electron chi connectivity index (χ0n) is 13.6. The van der Waals surface area contributed by atoms with E-state index in [1.54, 1.807) is 6.26 Å². The number of hydrogen-bond donors (Lipinski definition) is 2. The van der Waals surface area contributed by atoms with Crippen molar-refractivity contribution in [2.45, 2.75) is 12.8 Å². The molecule has 6 heteroatoms. The summed E-state index contributed by atoms with van der Waals surface area (Å²) >= 11 is 0. The molecule has 0 saturated carbocycles. The third-order valence-corrected chi connectivity index (χ3v) is 3.52. The molecule has 0 aliphatic carbocycles. The second-order valence-electron chi connectivity index (χ2n) is 5.45. The maximum absolute atomic E-state index is 7.29. The average Bonchev–Trinajstić information content (AvgIpc) is 3.06.